The molecule has 0 aromatic carbocycles. The molecule has 5 heterocycles. The number of nitrogens with one attached hydrogen (secondary N) is 2. The maximum atomic E-state index is 11.4. The molecular weight excluding hydrogens is 432 g/mol. The van der Waals surface area contributed by atoms with Gasteiger partial charge in [0.05, 0.1) is 17.6 Å². The van der Waals surface area contributed by atoms with Gasteiger partial charge in [0.25, 0.3) is 0 Å². The van der Waals surface area contributed by atoms with Crippen LogP contribution in [-0.2, 0) is 6.42 Å². The minimum atomic E-state index is -0.891. The summed E-state index contributed by atoms with van der Waals surface area (Å²) < 4.78 is 0. The molecule has 0 bridgehead atoms. The molecule has 7 rings (SSSR count). The first-order chi connectivity index (χ1) is 16.6. The third-order valence-corrected chi connectivity index (χ3v) is 8.54. The third kappa shape index (κ3) is 3.04. The maximum Gasteiger partial charge on any atom is 0.404 e. The Morgan fingerprint density at radius 3 is 2.97 bits per heavy atom. The van der Waals surface area contributed by atoms with E-state index in [4.69, 9.17) is 9.97 Å². The van der Waals surface area contributed by atoms with Crippen molar-refractivity contribution in [3.8, 4) is 0 Å². The molecule has 3 aromatic heterocycles. The molecule has 4 aliphatic rings. The zero-order valence-corrected chi connectivity index (χ0v) is 18.9. The summed E-state index contributed by atoms with van der Waals surface area (Å²) in [5.74, 6) is 2.90. The average molecular weight is 461 g/mol. The Hall–Kier alpha value is -3.43. The molecule has 10 nitrogen and oxygen atoms in total. The molecule has 3 fully saturated rings. The largest absolute Gasteiger partial charge is 0.465 e. The second-order valence-corrected chi connectivity index (χ2v) is 10.3. The van der Waals surface area contributed by atoms with Gasteiger partial charge >= 0.3 is 6.09 Å². The molecule has 10 heteroatoms. The van der Waals surface area contributed by atoms with Crippen LogP contribution in [-0.4, -0.2) is 62.0 Å². The van der Waals surface area contributed by atoms with E-state index in [1.54, 1.807) is 0 Å². The Kier molecular flexibility index (Phi) is 4.28. The highest BCUT2D eigenvalue weighted by Crippen LogP contribution is 2.63. The molecule has 1 amide bonds. The van der Waals surface area contributed by atoms with E-state index in [1.807, 2.05) is 18.5 Å². The van der Waals surface area contributed by atoms with Gasteiger partial charge < -0.3 is 20.2 Å². The highest BCUT2D eigenvalue weighted by Gasteiger charge is 2.61. The lowest BCUT2D eigenvalue weighted by molar-refractivity contribution is 0.132. The molecule has 3 aromatic rings. The monoisotopic (exact) mass is 460 g/mol. The highest BCUT2D eigenvalue weighted by molar-refractivity contribution is 5.87. The summed E-state index contributed by atoms with van der Waals surface area (Å²) in [5.41, 5.74) is 3.74. The van der Waals surface area contributed by atoms with Crippen LogP contribution < -0.4 is 15.1 Å². The van der Waals surface area contributed by atoms with Crippen LogP contribution in [0.4, 0.5) is 22.1 Å². The summed E-state index contributed by atoms with van der Waals surface area (Å²) in [6.45, 7) is 2.61. The minimum absolute atomic E-state index is 0.0941. The number of H-pyrrole nitrogens is 1. The molecular formula is C24H28N8O2. The normalized spacial score (nSPS) is 27.0. The molecule has 34 heavy (non-hydrogen) atoms. The lowest BCUT2D eigenvalue weighted by Crippen LogP contribution is -2.52. The number of hydrogen-bond acceptors (Lipinski definition) is 7. The van der Waals surface area contributed by atoms with E-state index in [2.05, 4.69) is 36.4 Å². The molecule has 3 N–H and O–H groups in total. The molecule has 2 aliphatic heterocycles. The quantitative estimate of drug-likeness (QED) is 0.545. The predicted molar refractivity (Wildman–Crippen MR) is 126 cm³/mol. The summed E-state index contributed by atoms with van der Waals surface area (Å²) in [6.07, 6.45) is 9.10. The van der Waals surface area contributed by atoms with Crippen LogP contribution >= 0.6 is 0 Å². The SMILES string of the molecule is O=C(O)N[C@H]1[C@@H]2C[C@@H]2CC12CCN(c1cnc3c(N4CCCc5ncccc54)n[nH]c3n1)CC2. The van der Waals surface area contributed by atoms with Crippen molar-refractivity contribution in [2.75, 3.05) is 29.4 Å². The van der Waals surface area contributed by atoms with Gasteiger partial charge in [-0.3, -0.25) is 10.1 Å². The van der Waals surface area contributed by atoms with Gasteiger partial charge in [0.2, 0.25) is 0 Å². The number of aromatic nitrogens is 5. The van der Waals surface area contributed by atoms with Gasteiger partial charge in [-0.25, -0.2) is 14.8 Å². The number of pyridine rings is 1. The van der Waals surface area contributed by atoms with Crippen LogP contribution in [0.1, 0.15) is 37.8 Å². The Bertz CT molecular complexity index is 1270. The summed E-state index contributed by atoms with van der Waals surface area (Å²) in [4.78, 5) is 30.0. The number of carbonyl (C=O) groups is 1. The number of aromatic amines is 1. The number of rotatable bonds is 3. The Balaban J connectivity index is 1.12. The number of anilines is 3. The van der Waals surface area contributed by atoms with E-state index in [1.165, 1.54) is 6.42 Å². The van der Waals surface area contributed by atoms with Crippen molar-refractivity contribution in [1.29, 1.82) is 0 Å². The fourth-order valence-electron chi connectivity index (χ4n) is 6.84. The standard InChI is InChI=1S/C24H28N8O2/c33-23(34)28-20-15-11-14(15)12-24(20)5-9-31(10-6-24)18-13-26-19-21(27-18)29-30-22(19)32-8-2-3-16-17(32)4-1-7-25-16/h1,4,7,13-15,20,28H,2-3,5-6,8-12H2,(H,33,34)(H,27,29,30)/t14-,15-,20+/m1/s1. The van der Waals surface area contributed by atoms with E-state index in [0.29, 0.717) is 17.5 Å². The van der Waals surface area contributed by atoms with E-state index in [0.717, 1.165) is 80.3 Å². The Morgan fingerprint density at radius 2 is 2.12 bits per heavy atom. The van der Waals surface area contributed by atoms with Crippen molar-refractivity contribution in [2.24, 2.45) is 17.3 Å². The number of carboxylic acid groups (broad SMARTS) is 1. The van der Waals surface area contributed by atoms with Gasteiger partial charge in [0.1, 0.15) is 5.82 Å². The second-order valence-electron chi connectivity index (χ2n) is 10.3. The summed E-state index contributed by atoms with van der Waals surface area (Å²) in [6, 6.07) is 4.15. The van der Waals surface area contributed by atoms with Gasteiger partial charge in [-0.05, 0) is 67.9 Å². The molecule has 176 valence electrons. The zero-order valence-electron chi connectivity index (χ0n) is 18.9. The van der Waals surface area contributed by atoms with E-state index in [-0.39, 0.29) is 11.5 Å². The first kappa shape index (κ1) is 20.0. The second kappa shape index (κ2) is 7.28. The molecule has 0 radical (unpaired) electrons. The van der Waals surface area contributed by atoms with Crippen molar-refractivity contribution < 1.29 is 9.90 Å². The number of hydrogen-bond donors (Lipinski definition) is 3. The topological polar surface area (TPSA) is 123 Å². The van der Waals surface area contributed by atoms with Gasteiger partial charge in [-0.2, -0.15) is 5.10 Å². The third-order valence-electron chi connectivity index (χ3n) is 8.54. The van der Waals surface area contributed by atoms with Crippen LogP contribution in [0, 0.1) is 17.3 Å². The molecule has 1 spiro atoms. The van der Waals surface area contributed by atoms with Gasteiger partial charge in [-0.15, -0.1) is 0 Å². The minimum Gasteiger partial charge on any atom is -0.465 e. The number of nitrogens with zero attached hydrogens (tertiary/aromatic N) is 6. The Morgan fingerprint density at radius 1 is 1.24 bits per heavy atom. The summed E-state index contributed by atoms with van der Waals surface area (Å²) in [5, 5.41) is 19.9. The van der Waals surface area contributed by atoms with Crippen LogP contribution in [0.25, 0.3) is 11.2 Å². The van der Waals surface area contributed by atoms with Gasteiger partial charge in [0.15, 0.2) is 17.0 Å². The van der Waals surface area contributed by atoms with E-state index in [9.17, 15) is 9.90 Å². The van der Waals surface area contributed by atoms with Gasteiger partial charge in [-0.1, -0.05) is 0 Å². The fraction of sp³-hybridized carbons (Fsp3) is 0.542. The summed E-state index contributed by atoms with van der Waals surface area (Å²) in [7, 11) is 0. The fourth-order valence-corrected chi connectivity index (χ4v) is 6.84. The number of fused-ring (bicyclic) bond motifs is 3. The van der Waals surface area contributed by atoms with Crippen molar-refractivity contribution in [2.45, 2.75) is 44.6 Å². The van der Waals surface area contributed by atoms with Crippen molar-refractivity contribution in [3.05, 3.63) is 30.2 Å². The Labute approximate surface area is 196 Å². The molecule has 0 unspecified atom stereocenters. The highest BCUT2D eigenvalue weighted by atomic mass is 16.4. The van der Waals surface area contributed by atoms with E-state index < -0.39 is 6.09 Å². The number of piperidine rings is 1. The number of amides is 1. The van der Waals surface area contributed by atoms with Gasteiger partial charge in [0, 0.05) is 31.9 Å². The smallest absolute Gasteiger partial charge is 0.404 e. The zero-order chi connectivity index (χ0) is 22.9. The average Bonchev–Trinajstić information content (AvgIpc) is 3.38. The first-order valence-corrected chi connectivity index (χ1v) is 12.3. The molecule has 2 saturated carbocycles. The van der Waals surface area contributed by atoms with Crippen LogP contribution in [0.2, 0.25) is 0 Å². The maximum absolute atomic E-state index is 11.4. The van der Waals surface area contributed by atoms with Crippen LogP contribution in [0.5, 0.6) is 0 Å². The van der Waals surface area contributed by atoms with Crippen LogP contribution in [0.15, 0.2) is 24.5 Å². The lowest BCUT2D eigenvalue weighted by atomic mass is 9.71. The first-order valence-electron chi connectivity index (χ1n) is 12.3. The molecule has 2 aliphatic carbocycles. The number of aryl methyl sites for hydroxylation is 1. The molecule has 1 saturated heterocycles. The predicted octanol–water partition coefficient (Wildman–Crippen LogP) is 3.09. The van der Waals surface area contributed by atoms with Crippen molar-refractivity contribution >= 4 is 34.6 Å². The molecule has 3 atom stereocenters. The van der Waals surface area contributed by atoms with Crippen LogP contribution in [0.3, 0.4) is 0 Å². The van der Waals surface area contributed by atoms with Crippen molar-refractivity contribution in [3.63, 3.8) is 0 Å². The lowest BCUT2D eigenvalue weighted by Gasteiger charge is -2.44. The summed E-state index contributed by atoms with van der Waals surface area (Å²) >= 11 is 0. The van der Waals surface area contributed by atoms with Crippen molar-refractivity contribution in [1.82, 2.24) is 30.5 Å². The van der Waals surface area contributed by atoms with E-state index >= 15 is 0 Å².